The molecule has 0 atom stereocenters. The molecule has 0 aliphatic rings. The van der Waals surface area contributed by atoms with Gasteiger partial charge in [0.15, 0.2) is 0 Å². The number of rotatable bonds is 8. The van der Waals surface area contributed by atoms with Crippen molar-refractivity contribution in [3.63, 3.8) is 0 Å². The van der Waals surface area contributed by atoms with Gasteiger partial charge in [-0.25, -0.2) is 8.42 Å². The summed E-state index contributed by atoms with van der Waals surface area (Å²) in [6, 6.07) is 0. The topological polar surface area (TPSA) is 105 Å². The van der Waals surface area contributed by atoms with Gasteiger partial charge in [0.1, 0.15) is 5.84 Å². The van der Waals surface area contributed by atoms with Crippen molar-refractivity contribution in [1.82, 2.24) is 4.31 Å². The summed E-state index contributed by atoms with van der Waals surface area (Å²) in [7, 11) is -1.85. The van der Waals surface area contributed by atoms with Crippen LogP contribution in [0.1, 0.15) is 20.3 Å². The number of ether oxygens (including phenoxy) is 1. The second-order valence-electron chi connectivity index (χ2n) is 3.83. The van der Waals surface area contributed by atoms with E-state index >= 15 is 0 Å². The van der Waals surface area contributed by atoms with Crippen LogP contribution >= 0.6 is 0 Å². The largest absolute Gasteiger partial charge is 0.409 e. The van der Waals surface area contributed by atoms with Crippen molar-refractivity contribution in [2.24, 2.45) is 10.9 Å². The second kappa shape index (κ2) is 7.46. The Bertz CT molecular complexity index is 340. The SMILES string of the molecule is COCCN(CCC(N)=NO)S(=O)(=O)C(C)C. The molecule has 0 unspecified atom stereocenters. The highest BCUT2D eigenvalue weighted by atomic mass is 32.2. The first kappa shape index (κ1) is 16.1. The Morgan fingerprint density at radius 3 is 2.47 bits per heavy atom. The van der Waals surface area contributed by atoms with E-state index in [0.717, 1.165) is 0 Å². The molecule has 0 saturated heterocycles. The van der Waals surface area contributed by atoms with E-state index in [-0.39, 0.29) is 25.3 Å². The molecule has 17 heavy (non-hydrogen) atoms. The van der Waals surface area contributed by atoms with Crippen molar-refractivity contribution in [3.8, 4) is 0 Å². The van der Waals surface area contributed by atoms with Gasteiger partial charge in [-0.2, -0.15) is 4.31 Å². The summed E-state index contributed by atoms with van der Waals surface area (Å²) in [4.78, 5) is 0. The van der Waals surface area contributed by atoms with Crippen LogP contribution in [0.25, 0.3) is 0 Å². The van der Waals surface area contributed by atoms with E-state index in [1.807, 2.05) is 0 Å². The monoisotopic (exact) mass is 267 g/mol. The van der Waals surface area contributed by atoms with Crippen molar-refractivity contribution >= 4 is 15.9 Å². The second-order valence-corrected chi connectivity index (χ2v) is 6.32. The summed E-state index contributed by atoms with van der Waals surface area (Å²) in [5, 5.41) is 10.7. The Morgan fingerprint density at radius 1 is 1.47 bits per heavy atom. The van der Waals surface area contributed by atoms with Gasteiger partial charge in [0.25, 0.3) is 0 Å². The Hall–Kier alpha value is -0.860. The molecule has 3 N–H and O–H groups in total. The molecule has 0 spiro atoms. The molecule has 0 fully saturated rings. The average Bonchev–Trinajstić information content (AvgIpc) is 2.28. The lowest BCUT2D eigenvalue weighted by Gasteiger charge is -2.23. The number of amidine groups is 1. The van der Waals surface area contributed by atoms with Gasteiger partial charge >= 0.3 is 0 Å². The van der Waals surface area contributed by atoms with Crippen molar-refractivity contribution in [2.45, 2.75) is 25.5 Å². The van der Waals surface area contributed by atoms with Crippen LogP contribution in [0.15, 0.2) is 5.16 Å². The molecule has 0 rings (SSSR count). The molecule has 0 aromatic heterocycles. The van der Waals surface area contributed by atoms with Crippen molar-refractivity contribution < 1.29 is 18.4 Å². The van der Waals surface area contributed by atoms with E-state index in [0.29, 0.717) is 6.61 Å². The smallest absolute Gasteiger partial charge is 0.216 e. The van der Waals surface area contributed by atoms with Gasteiger partial charge in [-0.05, 0) is 13.8 Å². The molecular weight excluding hydrogens is 246 g/mol. The predicted molar refractivity (Wildman–Crippen MR) is 65.5 cm³/mol. The minimum atomic E-state index is -3.35. The third-order valence-corrected chi connectivity index (χ3v) is 4.52. The highest BCUT2D eigenvalue weighted by Gasteiger charge is 2.25. The van der Waals surface area contributed by atoms with Gasteiger partial charge in [0.05, 0.1) is 11.9 Å². The minimum Gasteiger partial charge on any atom is -0.409 e. The third kappa shape index (κ3) is 5.33. The van der Waals surface area contributed by atoms with E-state index in [9.17, 15) is 8.42 Å². The standard InChI is InChI=1S/C9H21N3O4S/c1-8(2)17(14,15)12(6-7-16-3)5-4-9(10)11-13/h8,13H,4-7H2,1-3H3,(H2,10,11). The lowest BCUT2D eigenvalue weighted by Crippen LogP contribution is -2.40. The van der Waals surface area contributed by atoms with Crippen LogP contribution in [-0.2, 0) is 14.8 Å². The van der Waals surface area contributed by atoms with Crippen molar-refractivity contribution in [2.75, 3.05) is 26.8 Å². The lowest BCUT2D eigenvalue weighted by atomic mass is 10.4. The normalized spacial score (nSPS) is 13.6. The summed E-state index contributed by atoms with van der Waals surface area (Å²) in [5.41, 5.74) is 5.32. The summed E-state index contributed by atoms with van der Waals surface area (Å²) in [5.74, 6) is 0.00590. The maximum absolute atomic E-state index is 12.0. The molecule has 0 bridgehead atoms. The van der Waals surface area contributed by atoms with E-state index < -0.39 is 15.3 Å². The summed E-state index contributed by atoms with van der Waals surface area (Å²) in [6.45, 7) is 3.97. The number of nitrogens with zero attached hydrogens (tertiary/aromatic N) is 2. The average molecular weight is 267 g/mol. The quantitative estimate of drug-likeness (QED) is 0.274. The molecule has 0 amide bonds. The van der Waals surface area contributed by atoms with Gasteiger partial charge in [0.2, 0.25) is 10.0 Å². The van der Waals surface area contributed by atoms with E-state index in [4.69, 9.17) is 15.7 Å². The first-order valence-corrected chi connectivity index (χ1v) is 6.80. The van der Waals surface area contributed by atoms with Crippen molar-refractivity contribution in [1.29, 1.82) is 0 Å². The fraction of sp³-hybridized carbons (Fsp3) is 0.889. The highest BCUT2D eigenvalue weighted by molar-refractivity contribution is 7.89. The maximum Gasteiger partial charge on any atom is 0.216 e. The van der Waals surface area contributed by atoms with E-state index in [1.54, 1.807) is 13.8 Å². The Kier molecular flexibility index (Phi) is 7.09. The summed E-state index contributed by atoms with van der Waals surface area (Å²) >= 11 is 0. The van der Waals surface area contributed by atoms with Crippen LogP contribution in [-0.4, -0.2) is 55.8 Å². The molecule has 8 heteroatoms. The van der Waals surface area contributed by atoms with Gasteiger partial charge in [-0.1, -0.05) is 5.16 Å². The zero-order valence-electron chi connectivity index (χ0n) is 10.5. The molecule has 0 saturated carbocycles. The molecule has 0 aromatic carbocycles. The van der Waals surface area contributed by atoms with Crippen LogP contribution in [0.3, 0.4) is 0 Å². The molecular formula is C9H21N3O4S. The Morgan fingerprint density at radius 2 is 2.06 bits per heavy atom. The van der Waals surface area contributed by atoms with Crippen LogP contribution in [0.2, 0.25) is 0 Å². The number of sulfonamides is 1. The highest BCUT2D eigenvalue weighted by Crippen LogP contribution is 2.09. The first-order chi connectivity index (χ1) is 7.86. The molecule has 0 aliphatic heterocycles. The predicted octanol–water partition coefficient (Wildman–Crippen LogP) is -0.190. The molecule has 7 nitrogen and oxygen atoms in total. The lowest BCUT2D eigenvalue weighted by molar-refractivity contribution is 0.179. The van der Waals surface area contributed by atoms with Gasteiger partial charge in [-0.15, -0.1) is 0 Å². The van der Waals surface area contributed by atoms with Crippen LogP contribution in [0, 0.1) is 0 Å². The maximum atomic E-state index is 12.0. The zero-order chi connectivity index (χ0) is 13.5. The van der Waals surface area contributed by atoms with Gasteiger partial charge in [0, 0.05) is 26.6 Å². The number of nitrogens with two attached hydrogens (primary N) is 1. The fourth-order valence-electron chi connectivity index (χ4n) is 1.15. The van der Waals surface area contributed by atoms with E-state index in [1.165, 1.54) is 11.4 Å². The third-order valence-electron chi connectivity index (χ3n) is 2.25. The fourth-order valence-corrected chi connectivity index (χ4v) is 2.42. The Labute approximate surface area is 102 Å². The number of hydrogen-bond donors (Lipinski definition) is 2. The summed E-state index contributed by atoms with van der Waals surface area (Å²) in [6.07, 6.45) is 0.187. The van der Waals surface area contributed by atoms with Gasteiger partial charge < -0.3 is 15.7 Å². The number of hydrogen-bond acceptors (Lipinski definition) is 5. The molecule has 0 radical (unpaired) electrons. The van der Waals surface area contributed by atoms with E-state index in [2.05, 4.69) is 5.16 Å². The van der Waals surface area contributed by atoms with Crippen LogP contribution in [0.5, 0.6) is 0 Å². The number of oxime groups is 1. The van der Waals surface area contributed by atoms with Crippen molar-refractivity contribution in [3.05, 3.63) is 0 Å². The molecule has 0 heterocycles. The van der Waals surface area contributed by atoms with Gasteiger partial charge in [-0.3, -0.25) is 0 Å². The van der Waals surface area contributed by atoms with Crippen LogP contribution in [0.4, 0.5) is 0 Å². The number of methoxy groups -OCH3 is 1. The molecule has 0 aliphatic carbocycles. The summed E-state index contributed by atoms with van der Waals surface area (Å²) < 4.78 is 30.1. The minimum absolute atomic E-state index is 0.00590. The molecule has 102 valence electrons. The Balaban J connectivity index is 4.65. The zero-order valence-corrected chi connectivity index (χ0v) is 11.3. The first-order valence-electron chi connectivity index (χ1n) is 5.30. The van der Waals surface area contributed by atoms with Crippen LogP contribution < -0.4 is 5.73 Å². The molecule has 0 aromatic rings.